The number of amides is 1. The maximum atomic E-state index is 12.1. The van der Waals surface area contributed by atoms with Crippen LogP contribution >= 0.6 is 0 Å². The smallest absolute Gasteiger partial charge is 0.329 e. The Hall–Kier alpha value is -1.96. The third-order valence-electron chi connectivity index (χ3n) is 4.02. The second kappa shape index (κ2) is 6.21. The van der Waals surface area contributed by atoms with Gasteiger partial charge in [0, 0.05) is 6.54 Å². The Bertz CT molecular complexity index is 520. The largest absolute Gasteiger partial charge is 0.480 e. The minimum Gasteiger partial charge on any atom is -0.480 e. The molecule has 0 bridgehead atoms. The molecule has 2 rings (SSSR count). The predicted molar refractivity (Wildman–Crippen MR) is 74.1 cm³/mol. The van der Waals surface area contributed by atoms with Crippen molar-refractivity contribution in [3.05, 3.63) is 11.9 Å². The molecule has 0 aromatic carbocycles. The number of nitrogens with two attached hydrogens (primary N) is 1. The van der Waals surface area contributed by atoms with Gasteiger partial charge in [-0.1, -0.05) is 12.1 Å². The fourth-order valence-electron chi connectivity index (χ4n) is 2.61. The molecule has 1 aromatic rings. The van der Waals surface area contributed by atoms with E-state index in [1.165, 1.54) is 4.68 Å². The second-order valence-corrected chi connectivity index (χ2v) is 5.73. The zero-order chi connectivity index (χ0) is 15.5. The number of hydrogen-bond donors (Lipinski definition) is 3. The molecule has 1 aliphatic rings. The Labute approximate surface area is 122 Å². The highest BCUT2D eigenvalue weighted by atomic mass is 16.4. The molecule has 0 spiro atoms. The van der Waals surface area contributed by atoms with Crippen molar-refractivity contribution < 1.29 is 14.7 Å². The summed E-state index contributed by atoms with van der Waals surface area (Å²) in [6, 6.07) is 0. The van der Waals surface area contributed by atoms with Crippen LogP contribution in [-0.2, 0) is 22.7 Å². The molecule has 1 saturated carbocycles. The molecule has 4 N–H and O–H groups in total. The number of rotatable bonds is 5. The second-order valence-electron chi connectivity index (χ2n) is 5.73. The van der Waals surface area contributed by atoms with Crippen LogP contribution in [0, 0.1) is 5.92 Å². The van der Waals surface area contributed by atoms with Crippen LogP contribution < -0.4 is 11.1 Å². The van der Waals surface area contributed by atoms with Gasteiger partial charge in [-0.3, -0.25) is 4.79 Å². The predicted octanol–water partition coefficient (Wildman–Crippen LogP) is -0.113. The first-order valence-electron chi connectivity index (χ1n) is 7.08. The van der Waals surface area contributed by atoms with E-state index in [1.807, 2.05) is 0 Å². The molecule has 0 aliphatic heterocycles. The number of carbonyl (C=O) groups excluding carboxylic acids is 1. The molecule has 0 radical (unpaired) electrons. The third-order valence-corrected chi connectivity index (χ3v) is 4.02. The quantitative estimate of drug-likeness (QED) is 0.696. The van der Waals surface area contributed by atoms with Crippen molar-refractivity contribution in [3.8, 4) is 0 Å². The Balaban J connectivity index is 2.00. The summed E-state index contributed by atoms with van der Waals surface area (Å²) in [5.41, 5.74) is 4.86. The lowest BCUT2D eigenvalue weighted by Crippen LogP contribution is -2.56. The first-order valence-corrected chi connectivity index (χ1v) is 7.08. The average Bonchev–Trinajstić information content (AvgIpc) is 2.89. The number of carboxylic acids is 1. The van der Waals surface area contributed by atoms with Gasteiger partial charge in [0.1, 0.15) is 12.1 Å². The number of aliphatic carboxylic acids is 1. The summed E-state index contributed by atoms with van der Waals surface area (Å²) in [6.45, 7) is 2.29. The van der Waals surface area contributed by atoms with Gasteiger partial charge in [-0.2, -0.15) is 0 Å². The molecule has 116 valence electrons. The average molecular weight is 295 g/mol. The summed E-state index contributed by atoms with van der Waals surface area (Å²) in [4.78, 5) is 23.6. The normalized spacial score (nSPS) is 25.5. The van der Waals surface area contributed by atoms with Crippen molar-refractivity contribution in [3.63, 3.8) is 0 Å². The van der Waals surface area contributed by atoms with Gasteiger partial charge < -0.3 is 16.2 Å². The molecule has 0 saturated heterocycles. The van der Waals surface area contributed by atoms with E-state index < -0.39 is 11.5 Å². The van der Waals surface area contributed by atoms with Gasteiger partial charge in [0.2, 0.25) is 5.91 Å². The molecular weight excluding hydrogens is 274 g/mol. The van der Waals surface area contributed by atoms with Gasteiger partial charge in [-0.15, -0.1) is 5.10 Å². The number of aromatic nitrogens is 3. The maximum Gasteiger partial charge on any atom is 0.329 e. The van der Waals surface area contributed by atoms with Crippen LogP contribution in [0.3, 0.4) is 0 Å². The highest BCUT2D eigenvalue weighted by molar-refractivity contribution is 5.87. The van der Waals surface area contributed by atoms with Gasteiger partial charge in [-0.25, -0.2) is 9.48 Å². The van der Waals surface area contributed by atoms with E-state index >= 15 is 0 Å². The van der Waals surface area contributed by atoms with Crippen LogP contribution in [0.1, 0.15) is 38.3 Å². The topological polar surface area (TPSA) is 123 Å². The first kappa shape index (κ1) is 15.4. The number of carboxylic acid groups (broad SMARTS) is 1. The van der Waals surface area contributed by atoms with Crippen molar-refractivity contribution in [2.24, 2.45) is 11.7 Å². The molecule has 0 unspecified atom stereocenters. The molecule has 0 atom stereocenters. The molecule has 1 aliphatic carbocycles. The molecular formula is C13H21N5O3. The Morgan fingerprint density at radius 2 is 2.19 bits per heavy atom. The van der Waals surface area contributed by atoms with E-state index in [2.05, 4.69) is 22.6 Å². The number of carbonyl (C=O) groups is 2. The molecule has 1 heterocycles. The van der Waals surface area contributed by atoms with Crippen molar-refractivity contribution >= 4 is 11.9 Å². The van der Waals surface area contributed by atoms with Crippen LogP contribution in [-0.4, -0.2) is 37.5 Å². The fraction of sp³-hybridized carbons (Fsp3) is 0.692. The van der Waals surface area contributed by atoms with Gasteiger partial charge in [-0.05, 0) is 31.6 Å². The Morgan fingerprint density at radius 3 is 2.71 bits per heavy atom. The SMILES string of the molecule is CC1CCC(NC(=O)Cn2cc(CN)nn2)(C(=O)O)CC1. The lowest BCUT2D eigenvalue weighted by atomic mass is 9.77. The number of hydrogen-bond acceptors (Lipinski definition) is 5. The lowest BCUT2D eigenvalue weighted by molar-refractivity contribution is -0.149. The molecule has 1 amide bonds. The third kappa shape index (κ3) is 3.57. The lowest BCUT2D eigenvalue weighted by Gasteiger charge is -2.36. The fourth-order valence-corrected chi connectivity index (χ4v) is 2.61. The zero-order valence-corrected chi connectivity index (χ0v) is 12.1. The van der Waals surface area contributed by atoms with E-state index in [0.29, 0.717) is 24.5 Å². The summed E-state index contributed by atoms with van der Waals surface area (Å²) in [7, 11) is 0. The summed E-state index contributed by atoms with van der Waals surface area (Å²) in [6.07, 6.45) is 4.09. The van der Waals surface area contributed by atoms with Crippen LogP contribution in [0.15, 0.2) is 6.20 Å². The van der Waals surface area contributed by atoms with Crippen LogP contribution in [0.2, 0.25) is 0 Å². The number of nitrogens with zero attached hydrogens (tertiary/aromatic N) is 3. The standard InChI is InChI=1S/C13H21N5O3/c1-9-2-4-13(5-3-9,12(20)21)15-11(19)8-18-7-10(6-14)16-17-18/h7,9H,2-6,8,14H2,1H3,(H,15,19)(H,20,21). The monoisotopic (exact) mass is 295 g/mol. The summed E-state index contributed by atoms with van der Waals surface area (Å²) >= 11 is 0. The van der Waals surface area contributed by atoms with Gasteiger partial charge >= 0.3 is 5.97 Å². The van der Waals surface area contributed by atoms with Crippen LogP contribution in [0.4, 0.5) is 0 Å². The van der Waals surface area contributed by atoms with Gasteiger partial charge in [0.05, 0.1) is 11.9 Å². The molecule has 21 heavy (non-hydrogen) atoms. The summed E-state index contributed by atoms with van der Waals surface area (Å²) in [5, 5.41) is 19.7. The van der Waals surface area contributed by atoms with E-state index in [4.69, 9.17) is 5.73 Å². The van der Waals surface area contributed by atoms with Crippen molar-refractivity contribution in [2.75, 3.05) is 0 Å². The van der Waals surface area contributed by atoms with Crippen molar-refractivity contribution in [1.29, 1.82) is 0 Å². The molecule has 1 aromatic heterocycles. The summed E-state index contributed by atoms with van der Waals surface area (Å²) in [5.74, 6) is -0.846. The Morgan fingerprint density at radius 1 is 1.52 bits per heavy atom. The van der Waals surface area contributed by atoms with E-state index in [0.717, 1.165) is 12.8 Å². The highest BCUT2D eigenvalue weighted by Gasteiger charge is 2.42. The van der Waals surface area contributed by atoms with Crippen molar-refractivity contribution in [1.82, 2.24) is 20.3 Å². The van der Waals surface area contributed by atoms with E-state index in [1.54, 1.807) is 6.20 Å². The van der Waals surface area contributed by atoms with Crippen LogP contribution in [0.5, 0.6) is 0 Å². The minimum atomic E-state index is -1.15. The van der Waals surface area contributed by atoms with Gasteiger partial charge in [0.25, 0.3) is 0 Å². The van der Waals surface area contributed by atoms with E-state index in [-0.39, 0.29) is 19.0 Å². The number of nitrogens with one attached hydrogen (secondary N) is 1. The molecule has 1 fully saturated rings. The van der Waals surface area contributed by atoms with E-state index in [9.17, 15) is 14.7 Å². The van der Waals surface area contributed by atoms with Crippen molar-refractivity contribution in [2.45, 2.75) is 51.2 Å². The summed E-state index contributed by atoms with van der Waals surface area (Å²) < 4.78 is 1.36. The highest BCUT2D eigenvalue weighted by Crippen LogP contribution is 2.32. The van der Waals surface area contributed by atoms with Gasteiger partial charge in [0.15, 0.2) is 0 Å². The minimum absolute atomic E-state index is 0.0580. The molecule has 8 nitrogen and oxygen atoms in total. The maximum absolute atomic E-state index is 12.1. The Kier molecular flexibility index (Phi) is 4.56. The molecule has 8 heteroatoms. The van der Waals surface area contributed by atoms with Crippen LogP contribution in [0.25, 0.3) is 0 Å². The first-order chi connectivity index (χ1) is 9.95. The zero-order valence-electron chi connectivity index (χ0n) is 12.1.